The molecule has 7 nitrogen and oxygen atoms in total. The molecule has 0 radical (unpaired) electrons. The Morgan fingerprint density at radius 3 is 2.81 bits per heavy atom. The summed E-state index contributed by atoms with van der Waals surface area (Å²) in [6.07, 6.45) is 0.330. The van der Waals surface area contributed by atoms with E-state index in [-0.39, 0.29) is 17.7 Å². The minimum Gasteiger partial charge on any atom is -0.383 e. The zero-order chi connectivity index (χ0) is 15.7. The first kappa shape index (κ1) is 17.9. The van der Waals surface area contributed by atoms with Crippen LogP contribution in [0, 0.1) is 5.92 Å². The lowest BCUT2D eigenvalue weighted by Gasteiger charge is -2.19. The number of hydrogen-bond acceptors (Lipinski definition) is 5. The number of ether oxygens (including phenoxy) is 1. The van der Waals surface area contributed by atoms with Gasteiger partial charge in [0.25, 0.3) is 0 Å². The van der Waals surface area contributed by atoms with Crippen LogP contribution in [0.25, 0.3) is 0 Å². The molecule has 0 saturated carbocycles. The molecule has 0 aromatic heterocycles. The number of nitrogens with one attached hydrogen (secondary N) is 2. The van der Waals surface area contributed by atoms with E-state index in [9.17, 15) is 9.59 Å². The predicted octanol–water partition coefficient (Wildman–Crippen LogP) is -1.25. The van der Waals surface area contributed by atoms with Gasteiger partial charge in [0.2, 0.25) is 11.8 Å². The van der Waals surface area contributed by atoms with Crippen LogP contribution in [0.15, 0.2) is 0 Å². The molecule has 1 heterocycles. The minimum absolute atomic E-state index is 0.0238. The lowest BCUT2D eigenvalue weighted by molar-refractivity contribution is -0.129. The maximum absolute atomic E-state index is 12.0. The lowest BCUT2D eigenvalue weighted by atomic mass is 10.1. The molecule has 1 unspecified atom stereocenters. The van der Waals surface area contributed by atoms with Gasteiger partial charge < -0.3 is 25.2 Å². The van der Waals surface area contributed by atoms with Crippen molar-refractivity contribution in [3.8, 4) is 0 Å². The molecule has 1 aliphatic heterocycles. The van der Waals surface area contributed by atoms with Crippen molar-refractivity contribution in [2.24, 2.45) is 5.92 Å². The van der Waals surface area contributed by atoms with Gasteiger partial charge in [-0.15, -0.1) is 0 Å². The number of carbonyl (C=O) groups is 2. The highest BCUT2D eigenvalue weighted by molar-refractivity contribution is 5.89. The number of rotatable bonds is 10. The Bertz CT molecular complexity index is 336. The van der Waals surface area contributed by atoms with Crippen LogP contribution in [0.2, 0.25) is 0 Å². The summed E-state index contributed by atoms with van der Waals surface area (Å²) < 4.78 is 4.92. The van der Waals surface area contributed by atoms with Gasteiger partial charge in [-0.05, 0) is 14.1 Å². The highest BCUT2D eigenvalue weighted by Crippen LogP contribution is 2.17. The number of hydrogen-bond donors (Lipinski definition) is 2. The second-order valence-electron chi connectivity index (χ2n) is 5.58. The van der Waals surface area contributed by atoms with E-state index < -0.39 is 0 Å². The van der Waals surface area contributed by atoms with Gasteiger partial charge in [-0.2, -0.15) is 0 Å². The SMILES string of the molecule is COCCNCCNC(=O)C1CC(=O)N(CCN(C)C)C1. The molecule has 0 aromatic carbocycles. The van der Waals surface area contributed by atoms with Gasteiger partial charge in [-0.1, -0.05) is 0 Å². The van der Waals surface area contributed by atoms with Crippen molar-refractivity contribution < 1.29 is 14.3 Å². The highest BCUT2D eigenvalue weighted by atomic mass is 16.5. The zero-order valence-corrected chi connectivity index (χ0v) is 13.4. The molecule has 0 aromatic rings. The molecule has 0 bridgehead atoms. The van der Waals surface area contributed by atoms with Crippen molar-refractivity contribution in [3.05, 3.63) is 0 Å². The van der Waals surface area contributed by atoms with Gasteiger partial charge in [0.15, 0.2) is 0 Å². The van der Waals surface area contributed by atoms with E-state index in [0.29, 0.717) is 39.2 Å². The predicted molar refractivity (Wildman–Crippen MR) is 81.0 cm³/mol. The second-order valence-corrected chi connectivity index (χ2v) is 5.58. The molecule has 2 amide bonds. The maximum atomic E-state index is 12.0. The molecule has 122 valence electrons. The van der Waals surface area contributed by atoms with Crippen molar-refractivity contribution in [1.29, 1.82) is 0 Å². The van der Waals surface area contributed by atoms with Gasteiger partial charge in [0, 0.05) is 52.8 Å². The first-order valence-corrected chi connectivity index (χ1v) is 7.44. The van der Waals surface area contributed by atoms with E-state index in [1.165, 1.54) is 0 Å². The number of likely N-dealkylation sites (N-methyl/N-ethyl adjacent to an activating group) is 1. The van der Waals surface area contributed by atoms with Crippen LogP contribution in [-0.2, 0) is 14.3 Å². The van der Waals surface area contributed by atoms with Gasteiger partial charge >= 0.3 is 0 Å². The fraction of sp³-hybridized carbons (Fsp3) is 0.857. The quantitative estimate of drug-likeness (QED) is 0.493. The van der Waals surface area contributed by atoms with E-state index in [4.69, 9.17) is 4.74 Å². The third-order valence-corrected chi connectivity index (χ3v) is 3.49. The van der Waals surface area contributed by atoms with Crippen molar-refractivity contribution in [2.45, 2.75) is 6.42 Å². The van der Waals surface area contributed by atoms with Crippen LogP contribution >= 0.6 is 0 Å². The molecule has 7 heteroatoms. The Hall–Kier alpha value is -1.18. The normalized spacial score (nSPS) is 18.6. The summed E-state index contributed by atoms with van der Waals surface area (Å²) in [5.41, 5.74) is 0. The zero-order valence-electron chi connectivity index (χ0n) is 13.4. The van der Waals surface area contributed by atoms with Crippen molar-refractivity contribution >= 4 is 11.8 Å². The summed E-state index contributed by atoms with van der Waals surface area (Å²) in [7, 11) is 5.60. The summed E-state index contributed by atoms with van der Waals surface area (Å²) >= 11 is 0. The Morgan fingerprint density at radius 2 is 2.14 bits per heavy atom. The van der Waals surface area contributed by atoms with Crippen LogP contribution in [0.3, 0.4) is 0 Å². The number of likely N-dealkylation sites (tertiary alicyclic amines) is 1. The number of amides is 2. The van der Waals surface area contributed by atoms with Gasteiger partial charge in [0.05, 0.1) is 12.5 Å². The van der Waals surface area contributed by atoms with Crippen LogP contribution < -0.4 is 10.6 Å². The van der Waals surface area contributed by atoms with E-state index in [0.717, 1.165) is 13.1 Å². The first-order valence-electron chi connectivity index (χ1n) is 7.44. The minimum atomic E-state index is -0.210. The van der Waals surface area contributed by atoms with E-state index >= 15 is 0 Å². The third-order valence-electron chi connectivity index (χ3n) is 3.49. The molecular formula is C14H28N4O3. The first-order chi connectivity index (χ1) is 10.0. The summed E-state index contributed by atoms with van der Waals surface area (Å²) in [4.78, 5) is 27.7. The Balaban J connectivity index is 2.19. The van der Waals surface area contributed by atoms with Crippen molar-refractivity contribution in [2.75, 3.05) is 67.1 Å². The molecule has 0 aliphatic carbocycles. The topological polar surface area (TPSA) is 73.9 Å². The monoisotopic (exact) mass is 300 g/mol. The largest absolute Gasteiger partial charge is 0.383 e. The summed E-state index contributed by atoms with van der Waals surface area (Å²) in [5, 5.41) is 6.04. The average Bonchev–Trinajstić information content (AvgIpc) is 2.81. The average molecular weight is 300 g/mol. The lowest BCUT2D eigenvalue weighted by Crippen LogP contribution is -2.38. The summed E-state index contributed by atoms with van der Waals surface area (Å²) in [5.74, 6) is -0.155. The molecule has 21 heavy (non-hydrogen) atoms. The molecule has 1 fully saturated rings. The standard InChI is InChI=1S/C14H28N4O3/c1-17(2)7-8-18-11-12(10-13(18)19)14(20)16-5-4-15-6-9-21-3/h12,15H,4-11H2,1-3H3,(H,16,20). The van der Waals surface area contributed by atoms with Crippen LogP contribution in [0.4, 0.5) is 0 Å². The number of nitrogens with zero attached hydrogens (tertiary/aromatic N) is 2. The van der Waals surface area contributed by atoms with E-state index in [1.54, 1.807) is 12.0 Å². The van der Waals surface area contributed by atoms with E-state index in [2.05, 4.69) is 10.6 Å². The summed E-state index contributed by atoms with van der Waals surface area (Å²) in [6, 6.07) is 0. The van der Waals surface area contributed by atoms with E-state index in [1.807, 2.05) is 19.0 Å². The third kappa shape index (κ3) is 6.88. The smallest absolute Gasteiger partial charge is 0.225 e. The maximum Gasteiger partial charge on any atom is 0.225 e. The van der Waals surface area contributed by atoms with Crippen LogP contribution in [-0.4, -0.2) is 88.7 Å². The second kappa shape index (κ2) is 9.70. The molecule has 1 saturated heterocycles. The Labute approximate surface area is 127 Å². The Morgan fingerprint density at radius 1 is 1.38 bits per heavy atom. The molecular weight excluding hydrogens is 272 g/mol. The number of carbonyl (C=O) groups excluding carboxylic acids is 2. The number of methoxy groups -OCH3 is 1. The summed E-state index contributed by atoms with van der Waals surface area (Å²) in [6.45, 7) is 4.76. The van der Waals surface area contributed by atoms with Crippen LogP contribution in [0.1, 0.15) is 6.42 Å². The van der Waals surface area contributed by atoms with Crippen LogP contribution in [0.5, 0.6) is 0 Å². The van der Waals surface area contributed by atoms with Gasteiger partial charge in [-0.25, -0.2) is 0 Å². The molecule has 0 spiro atoms. The van der Waals surface area contributed by atoms with Crippen molar-refractivity contribution in [3.63, 3.8) is 0 Å². The van der Waals surface area contributed by atoms with Crippen molar-refractivity contribution in [1.82, 2.24) is 20.4 Å². The fourth-order valence-electron chi connectivity index (χ4n) is 2.20. The molecule has 2 N–H and O–H groups in total. The fourth-order valence-corrected chi connectivity index (χ4v) is 2.20. The van der Waals surface area contributed by atoms with Gasteiger partial charge in [-0.3, -0.25) is 9.59 Å². The molecule has 1 aliphatic rings. The molecule has 1 atom stereocenters. The highest BCUT2D eigenvalue weighted by Gasteiger charge is 2.33. The van der Waals surface area contributed by atoms with Gasteiger partial charge in [0.1, 0.15) is 0 Å². The molecule has 1 rings (SSSR count). The Kier molecular flexibility index (Phi) is 8.26.